The molecule has 0 saturated carbocycles. The SMILES string of the molecule is c1ccc(N(c2ccccc2)c2ccc3c(c2)oc2cc4c(cc23)N(c2ccccc2)c2cccc3c2B4c2ccccc2N3c2ccccc2)cc1. The van der Waals surface area contributed by atoms with Gasteiger partial charge in [0.25, 0.3) is 6.71 Å². The number of fused-ring (bicyclic) bond motifs is 7. The first-order chi connectivity index (χ1) is 26.3. The van der Waals surface area contributed by atoms with Crippen LogP contribution in [0.3, 0.4) is 0 Å². The largest absolute Gasteiger partial charge is 0.456 e. The topological polar surface area (TPSA) is 22.9 Å². The monoisotopic (exact) mass is 677 g/mol. The van der Waals surface area contributed by atoms with E-state index in [1.165, 1.54) is 39.1 Å². The van der Waals surface area contributed by atoms with Crippen molar-refractivity contribution in [3.05, 3.63) is 194 Å². The van der Waals surface area contributed by atoms with Crippen molar-refractivity contribution in [2.24, 2.45) is 0 Å². The minimum absolute atomic E-state index is 0.0205. The van der Waals surface area contributed by atoms with Gasteiger partial charge in [0.1, 0.15) is 11.2 Å². The summed E-state index contributed by atoms with van der Waals surface area (Å²) in [5.74, 6) is 0. The van der Waals surface area contributed by atoms with Crippen LogP contribution in [-0.2, 0) is 0 Å². The Morgan fingerprint density at radius 3 is 1.55 bits per heavy atom. The summed E-state index contributed by atoms with van der Waals surface area (Å²) in [5, 5.41) is 2.20. The Balaban J connectivity index is 1.15. The van der Waals surface area contributed by atoms with Crippen LogP contribution < -0.4 is 31.1 Å². The maximum Gasteiger partial charge on any atom is 0.252 e. The van der Waals surface area contributed by atoms with Crippen molar-refractivity contribution >= 4 is 96.2 Å². The van der Waals surface area contributed by atoms with Gasteiger partial charge in [0.2, 0.25) is 0 Å². The Labute approximate surface area is 308 Å². The molecule has 11 rings (SSSR count). The second-order valence-electron chi connectivity index (χ2n) is 13.7. The zero-order valence-corrected chi connectivity index (χ0v) is 28.8. The Morgan fingerprint density at radius 2 is 0.906 bits per heavy atom. The Morgan fingerprint density at radius 1 is 0.377 bits per heavy atom. The normalized spacial score (nSPS) is 12.8. The van der Waals surface area contributed by atoms with Gasteiger partial charge in [-0.2, -0.15) is 0 Å². The molecule has 53 heavy (non-hydrogen) atoms. The number of para-hydroxylation sites is 5. The number of hydrogen-bond donors (Lipinski definition) is 0. The zero-order valence-electron chi connectivity index (χ0n) is 28.8. The maximum atomic E-state index is 6.87. The Kier molecular flexibility index (Phi) is 6.61. The molecule has 0 amide bonds. The summed E-state index contributed by atoms with van der Waals surface area (Å²) in [4.78, 5) is 7.15. The third-order valence-electron chi connectivity index (χ3n) is 10.8. The van der Waals surface area contributed by atoms with Crippen LogP contribution in [0.25, 0.3) is 21.9 Å². The molecule has 0 unspecified atom stereocenters. The fourth-order valence-electron chi connectivity index (χ4n) is 8.59. The van der Waals surface area contributed by atoms with Crippen LogP contribution in [0.5, 0.6) is 0 Å². The molecule has 0 spiro atoms. The average Bonchev–Trinajstić information content (AvgIpc) is 3.58. The number of nitrogens with zero attached hydrogens (tertiary/aromatic N) is 3. The van der Waals surface area contributed by atoms with E-state index in [9.17, 15) is 0 Å². The highest BCUT2D eigenvalue weighted by atomic mass is 16.3. The maximum absolute atomic E-state index is 6.87. The first-order valence-electron chi connectivity index (χ1n) is 18.1. The van der Waals surface area contributed by atoms with Crippen LogP contribution in [0.4, 0.5) is 51.2 Å². The van der Waals surface area contributed by atoms with Crippen molar-refractivity contribution in [1.82, 2.24) is 0 Å². The van der Waals surface area contributed by atoms with Crippen molar-refractivity contribution < 1.29 is 4.42 Å². The van der Waals surface area contributed by atoms with Gasteiger partial charge in [0, 0.05) is 68.0 Å². The van der Waals surface area contributed by atoms with E-state index < -0.39 is 0 Å². The van der Waals surface area contributed by atoms with Gasteiger partial charge in [0.15, 0.2) is 0 Å². The molecular formula is C48H32BN3O. The van der Waals surface area contributed by atoms with Crippen LogP contribution in [-0.4, -0.2) is 6.71 Å². The molecule has 0 aliphatic carbocycles. The molecule has 2 aliphatic rings. The highest BCUT2D eigenvalue weighted by Crippen LogP contribution is 2.46. The van der Waals surface area contributed by atoms with E-state index in [1.807, 2.05) is 0 Å². The standard InChI is InChI=1S/C48H32BN3O/c1-5-16-33(17-6-1)50(34-18-7-2-8-19-34)37-28-29-38-39-31-45-41(32-47(39)53-46(38)30-37)49-40-24-13-14-25-42(40)51(35-20-9-3-10-21-35)43-26-15-27-44(48(43)49)52(45)36-22-11-4-12-23-36/h1-32H. The number of anilines is 9. The van der Waals surface area contributed by atoms with Crippen molar-refractivity contribution in [1.29, 1.82) is 0 Å². The highest BCUT2D eigenvalue weighted by molar-refractivity contribution is 7.00. The summed E-state index contributed by atoms with van der Waals surface area (Å²) in [6.45, 7) is 0.0205. The van der Waals surface area contributed by atoms with Crippen LogP contribution >= 0.6 is 0 Å². The summed E-state index contributed by atoms with van der Waals surface area (Å²) in [7, 11) is 0. The van der Waals surface area contributed by atoms with E-state index in [0.29, 0.717) is 0 Å². The number of benzene rings is 8. The first kappa shape index (κ1) is 29.7. The van der Waals surface area contributed by atoms with E-state index >= 15 is 0 Å². The second kappa shape index (κ2) is 11.8. The zero-order chi connectivity index (χ0) is 34.9. The Bertz CT molecular complexity index is 2760. The summed E-state index contributed by atoms with van der Waals surface area (Å²) in [6.07, 6.45) is 0. The average molecular weight is 678 g/mol. The molecule has 3 heterocycles. The predicted molar refractivity (Wildman–Crippen MR) is 222 cm³/mol. The lowest BCUT2D eigenvalue weighted by Gasteiger charge is -2.44. The van der Waals surface area contributed by atoms with Gasteiger partial charge >= 0.3 is 0 Å². The molecule has 248 valence electrons. The van der Waals surface area contributed by atoms with E-state index in [1.54, 1.807) is 0 Å². The molecule has 4 nitrogen and oxygen atoms in total. The van der Waals surface area contributed by atoms with Crippen LogP contribution in [0.2, 0.25) is 0 Å². The van der Waals surface area contributed by atoms with E-state index in [-0.39, 0.29) is 6.71 Å². The number of furan rings is 1. The minimum atomic E-state index is 0.0205. The molecule has 5 heteroatoms. The molecule has 9 aromatic rings. The van der Waals surface area contributed by atoms with E-state index in [2.05, 4.69) is 209 Å². The third-order valence-corrected chi connectivity index (χ3v) is 10.8. The van der Waals surface area contributed by atoms with Gasteiger partial charge in [-0.1, -0.05) is 97.1 Å². The van der Waals surface area contributed by atoms with Crippen LogP contribution in [0.15, 0.2) is 199 Å². The highest BCUT2D eigenvalue weighted by Gasteiger charge is 2.43. The van der Waals surface area contributed by atoms with Crippen molar-refractivity contribution in [2.75, 3.05) is 14.7 Å². The smallest absolute Gasteiger partial charge is 0.252 e. The number of hydrogen-bond acceptors (Lipinski definition) is 4. The quantitative estimate of drug-likeness (QED) is 0.169. The lowest BCUT2D eigenvalue weighted by molar-refractivity contribution is 0.669. The molecular weight excluding hydrogens is 645 g/mol. The molecule has 1 aromatic heterocycles. The summed E-state index contributed by atoms with van der Waals surface area (Å²) in [6, 6.07) is 69.4. The van der Waals surface area contributed by atoms with Crippen molar-refractivity contribution in [2.45, 2.75) is 0 Å². The van der Waals surface area contributed by atoms with Gasteiger partial charge in [-0.05, 0) is 107 Å². The second-order valence-corrected chi connectivity index (χ2v) is 13.7. The molecule has 0 saturated heterocycles. The van der Waals surface area contributed by atoms with Crippen LogP contribution in [0, 0.1) is 0 Å². The van der Waals surface area contributed by atoms with Gasteiger partial charge in [-0.25, -0.2) is 0 Å². The summed E-state index contributed by atoms with van der Waals surface area (Å²) in [5.41, 5.74) is 15.8. The van der Waals surface area contributed by atoms with Crippen LogP contribution in [0.1, 0.15) is 0 Å². The van der Waals surface area contributed by atoms with Gasteiger partial charge in [0.05, 0.1) is 0 Å². The molecule has 0 fully saturated rings. The van der Waals surface area contributed by atoms with Crippen molar-refractivity contribution in [3.63, 3.8) is 0 Å². The van der Waals surface area contributed by atoms with E-state index in [0.717, 1.165) is 50.4 Å². The van der Waals surface area contributed by atoms with E-state index in [4.69, 9.17) is 4.42 Å². The molecule has 0 bridgehead atoms. The summed E-state index contributed by atoms with van der Waals surface area (Å²) >= 11 is 0. The Hall–Kier alpha value is -6.98. The molecule has 2 aliphatic heterocycles. The van der Waals surface area contributed by atoms with Gasteiger partial charge < -0.3 is 19.1 Å². The lowest BCUT2D eigenvalue weighted by atomic mass is 9.33. The first-order valence-corrected chi connectivity index (χ1v) is 18.1. The fourth-order valence-corrected chi connectivity index (χ4v) is 8.59. The minimum Gasteiger partial charge on any atom is -0.456 e. The van der Waals surface area contributed by atoms with Gasteiger partial charge in [-0.3, -0.25) is 0 Å². The fraction of sp³-hybridized carbons (Fsp3) is 0. The number of rotatable bonds is 5. The predicted octanol–water partition coefficient (Wildman–Crippen LogP) is 11.1. The molecule has 8 aromatic carbocycles. The summed E-state index contributed by atoms with van der Waals surface area (Å²) < 4.78 is 6.87. The third kappa shape index (κ3) is 4.57. The molecule has 0 N–H and O–H groups in total. The lowest BCUT2D eigenvalue weighted by Crippen LogP contribution is -2.61. The van der Waals surface area contributed by atoms with Gasteiger partial charge in [-0.15, -0.1) is 0 Å². The molecule has 0 radical (unpaired) electrons. The molecule has 0 atom stereocenters. The van der Waals surface area contributed by atoms with Crippen molar-refractivity contribution in [3.8, 4) is 0 Å².